The third-order valence-electron chi connectivity index (χ3n) is 6.39. The highest BCUT2D eigenvalue weighted by atomic mass is 16.7. The highest BCUT2D eigenvalue weighted by molar-refractivity contribution is 6.06. The number of rotatable bonds is 2. The molecule has 3 aromatic rings. The molecule has 0 fully saturated rings. The maximum atomic E-state index is 12.4. The largest absolute Gasteiger partial charge is 0.478 e. The summed E-state index contributed by atoms with van der Waals surface area (Å²) >= 11 is 0. The maximum absolute atomic E-state index is 12.4. The summed E-state index contributed by atoms with van der Waals surface area (Å²) in [6.45, 7) is 6.89. The third-order valence-corrected chi connectivity index (χ3v) is 6.39. The molecule has 1 N–H and O–H groups in total. The second kappa shape index (κ2) is 7.12. The summed E-state index contributed by atoms with van der Waals surface area (Å²) in [6, 6.07) is 13.4. The van der Waals surface area contributed by atoms with Gasteiger partial charge >= 0.3 is 5.97 Å². The number of hydrogen-bond acceptors (Lipinski definition) is 4. The van der Waals surface area contributed by atoms with Crippen LogP contribution in [-0.2, 0) is 6.42 Å². The van der Waals surface area contributed by atoms with E-state index in [-0.39, 0.29) is 12.2 Å². The summed E-state index contributed by atoms with van der Waals surface area (Å²) in [5.74, 6) is 0.889. The standard InChI is InChI=1S/C26H25NO4/c1-26(2,3)17-12-16(10-15-8-9-21-22(11-15)31-14-30-21)24-19(13-17)23(25(28)29)18-6-4-5-7-20(18)27-24/h4-11,17H,12-14H2,1-3H3,(H,28,29)/b16-10-/t17-/m0/s1. The van der Waals surface area contributed by atoms with Gasteiger partial charge in [0.05, 0.1) is 16.8 Å². The van der Waals surface area contributed by atoms with E-state index < -0.39 is 5.97 Å². The Morgan fingerprint density at radius 3 is 2.65 bits per heavy atom. The lowest BCUT2D eigenvalue weighted by Crippen LogP contribution is -2.28. The number of allylic oxidation sites excluding steroid dienone is 1. The molecule has 1 aliphatic carbocycles. The number of aromatic nitrogens is 1. The van der Waals surface area contributed by atoms with Crippen LogP contribution >= 0.6 is 0 Å². The molecule has 0 spiro atoms. The maximum Gasteiger partial charge on any atom is 0.336 e. The van der Waals surface area contributed by atoms with Gasteiger partial charge in [0.2, 0.25) is 6.79 Å². The number of carbonyl (C=O) groups is 1. The number of aromatic carboxylic acids is 1. The number of para-hydroxylation sites is 1. The first kappa shape index (κ1) is 19.6. The average Bonchev–Trinajstić information content (AvgIpc) is 3.19. The molecule has 5 nitrogen and oxygen atoms in total. The van der Waals surface area contributed by atoms with Crippen LogP contribution in [0.1, 0.15) is 54.4 Å². The molecule has 2 aromatic carbocycles. The normalized spacial score (nSPS) is 18.9. The summed E-state index contributed by atoms with van der Waals surface area (Å²) in [5, 5.41) is 10.8. The minimum Gasteiger partial charge on any atom is -0.478 e. The van der Waals surface area contributed by atoms with Crippen molar-refractivity contribution < 1.29 is 19.4 Å². The van der Waals surface area contributed by atoms with Crippen LogP contribution < -0.4 is 9.47 Å². The molecular formula is C26H25NO4. The number of pyridine rings is 1. The average molecular weight is 415 g/mol. The number of fused-ring (bicyclic) bond motifs is 3. The van der Waals surface area contributed by atoms with Crippen molar-refractivity contribution in [2.45, 2.75) is 33.6 Å². The van der Waals surface area contributed by atoms with Crippen LogP contribution in [-0.4, -0.2) is 22.9 Å². The second-order valence-electron chi connectivity index (χ2n) is 9.39. The van der Waals surface area contributed by atoms with E-state index in [1.807, 2.05) is 42.5 Å². The van der Waals surface area contributed by atoms with E-state index in [1.54, 1.807) is 0 Å². The first-order valence-corrected chi connectivity index (χ1v) is 10.6. The monoisotopic (exact) mass is 415 g/mol. The fourth-order valence-electron chi connectivity index (χ4n) is 4.58. The highest BCUT2D eigenvalue weighted by Crippen LogP contribution is 2.45. The van der Waals surface area contributed by atoms with Crippen molar-refractivity contribution in [1.82, 2.24) is 4.98 Å². The van der Waals surface area contributed by atoms with E-state index in [0.717, 1.165) is 40.3 Å². The molecule has 2 heterocycles. The number of carboxylic acids is 1. The minimum atomic E-state index is -0.896. The van der Waals surface area contributed by atoms with Gasteiger partial charge in [0.1, 0.15) is 0 Å². The Morgan fingerprint density at radius 1 is 1.10 bits per heavy atom. The number of nitrogens with zero attached hydrogens (tertiary/aromatic N) is 1. The van der Waals surface area contributed by atoms with Gasteiger partial charge in [0, 0.05) is 5.39 Å². The lowest BCUT2D eigenvalue weighted by atomic mass is 9.69. The Labute approximate surface area is 181 Å². The summed E-state index contributed by atoms with van der Waals surface area (Å²) in [4.78, 5) is 17.3. The molecule has 5 rings (SSSR count). The zero-order valence-electron chi connectivity index (χ0n) is 17.9. The Bertz CT molecular complexity index is 1240. The molecule has 1 aromatic heterocycles. The topological polar surface area (TPSA) is 68.7 Å². The van der Waals surface area contributed by atoms with Gasteiger partial charge in [-0.1, -0.05) is 45.0 Å². The van der Waals surface area contributed by atoms with Crippen molar-refractivity contribution in [3.63, 3.8) is 0 Å². The molecule has 0 amide bonds. The van der Waals surface area contributed by atoms with Gasteiger partial charge in [-0.15, -0.1) is 0 Å². The predicted molar refractivity (Wildman–Crippen MR) is 120 cm³/mol. The first-order valence-electron chi connectivity index (χ1n) is 10.6. The minimum absolute atomic E-state index is 0.0348. The van der Waals surface area contributed by atoms with Crippen molar-refractivity contribution in [1.29, 1.82) is 0 Å². The van der Waals surface area contributed by atoms with E-state index in [2.05, 4.69) is 26.8 Å². The van der Waals surface area contributed by atoms with Crippen LogP contribution in [0.4, 0.5) is 0 Å². The van der Waals surface area contributed by atoms with Gasteiger partial charge in [0.15, 0.2) is 11.5 Å². The smallest absolute Gasteiger partial charge is 0.336 e. The summed E-state index contributed by atoms with van der Waals surface area (Å²) in [6.07, 6.45) is 3.66. The van der Waals surface area contributed by atoms with Crippen LogP contribution in [0.25, 0.3) is 22.6 Å². The van der Waals surface area contributed by atoms with Gasteiger partial charge in [-0.25, -0.2) is 9.78 Å². The number of benzene rings is 2. The SMILES string of the molecule is CC(C)(C)[C@H]1C/C(=C/c2ccc3c(c2)OCO3)c2nc3ccccc3c(C(=O)O)c2C1. The van der Waals surface area contributed by atoms with Gasteiger partial charge < -0.3 is 14.6 Å². The van der Waals surface area contributed by atoms with Crippen LogP contribution in [0, 0.1) is 11.3 Å². The lowest BCUT2D eigenvalue weighted by molar-refractivity contribution is 0.0696. The summed E-state index contributed by atoms with van der Waals surface area (Å²) in [5.41, 5.74) is 4.82. The van der Waals surface area contributed by atoms with Crippen LogP contribution in [0.2, 0.25) is 0 Å². The molecule has 0 saturated carbocycles. The van der Waals surface area contributed by atoms with Gasteiger partial charge in [-0.2, -0.15) is 0 Å². The fraction of sp³-hybridized carbons (Fsp3) is 0.308. The zero-order chi connectivity index (χ0) is 21.8. The zero-order valence-corrected chi connectivity index (χ0v) is 17.9. The highest BCUT2D eigenvalue weighted by Gasteiger charge is 2.35. The molecule has 0 radical (unpaired) electrons. The fourth-order valence-corrected chi connectivity index (χ4v) is 4.58. The van der Waals surface area contributed by atoms with Gasteiger partial charge in [-0.05, 0) is 65.1 Å². The molecule has 5 heteroatoms. The number of ether oxygens (including phenoxy) is 2. The Hall–Kier alpha value is -3.34. The van der Waals surface area contributed by atoms with E-state index in [9.17, 15) is 9.90 Å². The van der Waals surface area contributed by atoms with Crippen molar-refractivity contribution in [2.24, 2.45) is 11.3 Å². The van der Waals surface area contributed by atoms with E-state index in [1.165, 1.54) is 0 Å². The Balaban J connectivity index is 1.74. The van der Waals surface area contributed by atoms with Crippen LogP contribution in [0.5, 0.6) is 11.5 Å². The quantitative estimate of drug-likeness (QED) is 0.572. The van der Waals surface area contributed by atoms with Crippen LogP contribution in [0.3, 0.4) is 0 Å². The molecule has 0 bridgehead atoms. The first-order chi connectivity index (χ1) is 14.8. The number of carboxylic acid groups (broad SMARTS) is 1. The molecule has 158 valence electrons. The van der Waals surface area contributed by atoms with Gasteiger partial charge in [0.25, 0.3) is 0 Å². The van der Waals surface area contributed by atoms with Crippen LogP contribution in [0.15, 0.2) is 42.5 Å². The molecule has 31 heavy (non-hydrogen) atoms. The molecular weight excluding hydrogens is 390 g/mol. The predicted octanol–water partition coefficient (Wildman–Crippen LogP) is 5.81. The van der Waals surface area contributed by atoms with E-state index in [4.69, 9.17) is 14.5 Å². The van der Waals surface area contributed by atoms with E-state index >= 15 is 0 Å². The molecule has 2 aliphatic rings. The van der Waals surface area contributed by atoms with E-state index in [0.29, 0.717) is 28.8 Å². The molecule has 0 unspecified atom stereocenters. The Morgan fingerprint density at radius 2 is 1.87 bits per heavy atom. The second-order valence-corrected chi connectivity index (χ2v) is 9.39. The van der Waals surface area contributed by atoms with Crippen molar-refractivity contribution >= 4 is 28.5 Å². The molecule has 1 aliphatic heterocycles. The lowest BCUT2D eigenvalue weighted by Gasteiger charge is -2.36. The third kappa shape index (κ3) is 3.44. The van der Waals surface area contributed by atoms with Gasteiger partial charge in [-0.3, -0.25) is 0 Å². The molecule has 1 atom stereocenters. The van der Waals surface area contributed by atoms with Crippen molar-refractivity contribution in [2.75, 3.05) is 6.79 Å². The Kier molecular flexibility index (Phi) is 4.50. The number of hydrogen-bond donors (Lipinski definition) is 1. The summed E-state index contributed by atoms with van der Waals surface area (Å²) < 4.78 is 11.0. The summed E-state index contributed by atoms with van der Waals surface area (Å²) in [7, 11) is 0. The van der Waals surface area contributed by atoms with Crippen molar-refractivity contribution in [3.05, 3.63) is 64.8 Å². The molecule has 0 saturated heterocycles. The van der Waals surface area contributed by atoms with Crippen molar-refractivity contribution in [3.8, 4) is 11.5 Å².